The largest absolute Gasteiger partial charge is 0.464 e. The summed E-state index contributed by atoms with van der Waals surface area (Å²) in [6, 6.07) is 3.44. The summed E-state index contributed by atoms with van der Waals surface area (Å²) in [6.45, 7) is 0. The lowest BCUT2D eigenvalue weighted by atomic mass is 10.2. The molecule has 0 saturated carbocycles. The molecule has 0 aromatic carbocycles. The van der Waals surface area contributed by atoms with Gasteiger partial charge in [0, 0.05) is 17.2 Å². The predicted octanol–water partition coefficient (Wildman–Crippen LogP) is 1.65. The molecule has 3 aromatic heterocycles. The van der Waals surface area contributed by atoms with Gasteiger partial charge in [0.05, 0.1) is 11.6 Å². The third-order valence-corrected chi connectivity index (χ3v) is 4.33. The second kappa shape index (κ2) is 4.04. The Kier molecular flexibility index (Phi) is 2.58. The fourth-order valence-electron chi connectivity index (χ4n) is 1.72. The molecule has 0 aliphatic carbocycles. The number of hydrogen-bond donors (Lipinski definition) is 1. The summed E-state index contributed by atoms with van der Waals surface area (Å²) in [7, 11) is -3.54. The van der Waals surface area contributed by atoms with Crippen molar-refractivity contribution >= 4 is 31.4 Å². The molecule has 0 spiro atoms. The first-order chi connectivity index (χ1) is 8.97. The van der Waals surface area contributed by atoms with Crippen LogP contribution < -0.4 is 5.56 Å². The molecule has 8 heteroatoms. The molecular weight excluding hydrogens is 288 g/mol. The lowest BCUT2D eigenvalue weighted by Gasteiger charge is -1.98. The van der Waals surface area contributed by atoms with Gasteiger partial charge in [-0.25, -0.2) is 13.4 Å². The van der Waals surface area contributed by atoms with Crippen LogP contribution >= 0.6 is 11.3 Å². The molecule has 3 aromatic rings. The van der Waals surface area contributed by atoms with Crippen LogP contribution in [0.5, 0.6) is 0 Å². The van der Waals surface area contributed by atoms with Gasteiger partial charge in [-0.2, -0.15) is 0 Å². The molecular formula is C11H8N2O4S2. The highest BCUT2D eigenvalue weighted by atomic mass is 32.2. The standard InChI is InChI=1S/C11H8N2O4S2/c1-19(15,16)11-12-9(14)8-6(5-18-10(8)13-11)7-3-2-4-17-7/h2-5H,1H3,(H,12,13,14). The number of sulfone groups is 1. The van der Waals surface area contributed by atoms with Gasteiger partial charge in [-0.05, 0) is 12.1 Å². The SMILES string of the molecule is CS(=O)(=O)c1nc2scc(-c3ccco3)c2c(=O)[nH]1. The Hall–Kier alpha value is -1.93. The lowest BCUT2D eigenvalue weighted by Crippen LogP contribution is -2.14. The van der Waals surface area contributed by atoms with Crippen molar-refractivity contribution in [2.24, 2.45) is 0 Å². The molecule has 1 N–H and O–H groups in total. The van der Waals surface area contributed by atoms with Crippen molar-refractivity contribution in [2.45, 2.75) is 5.16 Å². The number of rotatable bonds is 2. The summed E-state index contributed by atoms with van der Waals surface area (Å²) in [4.78, 5) is 18.7. The number of fused-ring (bicyclic) bond motifs is 1. The normalized spacial score (nSPS) is 12.1. The number of aromatic amines is 1. The first-order valence-corrected chi connectivity index (χ1v) is 7.99. The van der Waals surface area contributed by atoms with E-state index >= 15 is 0 Å². The maximum atomic E-state index is 12.0. The Morgan fingerprint density at radius 3 is 2.84 bits per heavy atom. The molecule has 6 nitrogen and oxygen atoms in total. The molecule has 0 saturated heterocycles. The Labute approximate surface area is 111 Å². The maximum absolute atomic E-state index is 12.0. The minimum Gasteiger partial charge on any atom is -0.464 e. The van der Waals surface area contributed by atoms with E-state index in [4.69, 9.17) is 4.42 Å². The average molecular weight is 296 g/mol. The zero-order valence-electron chi connectivity index (χ0n) is 9.71. The molecule has 0 atom stereocenters. The van der Waals surface area contributed by atoms with Crippen LogP contribution in [0.15, 0.2) is 38.1 Å². The quantitative estimate of drug-likeness (QED) is 0.726. The van der Waals surface area contributed by atoms with Crippen molar-refractivity contribution < 1.29 is 12.8 Å². The second-order valence-electron chi connectivity index (χ2n) is 3.95. The third-order valence-electron chi connectivity index (χ3n) is 2.56. The van der Waals surface area contributed by atoms with Crippen molar-refractivity contribution in [3.05, 3.63) is 34.1 Å². The number of nitrogens with zero attached hydrogens (tertiary/aromatic N) is 1. The van der Waals surface area contributed by atoms with E-state index in [0.29, 0.717) is 21.5 Å². The van der Waals surface area contributed by atoms with Gasteiger partial charge in [-0.3, -0.25) is 9.78 Å². The molecule has 0 amide bonds. The number of thiophene rings is 1. The first kappa shape index (κ1) is 12.1. The summed E-state index contributed by atoms with van der Waals surface area (Å²) < 4.78 is 28.1. The molecule has 0 aliphatic rings. The zero-order valence-corrected chi connectivity index (χ0v) is 11.3. The molecule has 0 unspecified atom stereocenters. The van der Waals surface area contributed by atoms with Gasteiger partial charge >= 0.3 is 0 Å². The summed E-state index contributed by atoms with van der Waals surface area (Å²) in [5.74, 6) is 0.547. The molecule has 19 heavy (non-hydrogen) atoms. The van der Waals surface area contributed by atoms with Crippen LogP contribution in [0.4, 0.5) is 0 Å². The minimum absolute atomic E-state index is 0.321. The van der Waals surface area contributed by atoms with Crippen molar-refractivity contribution in [3.8, 4) is 11.3 Å². The van der Waals surface area contributed by atoms with E-state index in [-0.39, 0.29) is 5.16 Å². The molecule has 3 rings (SSSR count). The number of hydrogen-bond acceptors (Lipinski definition) is 6. The smallest absolute Gasteiger partial charge is 0.261 e. The van der Waals surface area contributed by atoms with Crippen LogP contribution in [-0.4, -0.2) is 24.6 Å². The van der Waals surface area contributed by atoms with Gasteiger partial charge in [0.1, 0.15) is 10.6 Å². The molecule has 0 fully saturated rings. The predicted molar refractivity (Wildman–Crippen MR) is 71.1 cm³/mol. The van der Waals surface area contributed by atoms with E-state index in [9.17, 15) is 13.2 Å². The Balaban J connectivity index is 2.35. The Morgan fingerprint density at radius 2 is 2.21 bits per heavy atom. The lowest BCUT2D eigenvalue weighted by molar-refractivity contribution is 0.583. The van der Waals surface area contributed by atoms with E-state index in [2.05, 4.69) is 9.97 Å². The summed E-state index contributed by atoms with van der Waals surface area (Å²) in [5.41, 5.74) is 0.122. The van der Waals surface area contributed by atoms with Crippen LogP contribution in [0.25, 0.3) is 21.5 Å². The fraction of sp³-hybridized carbons (Fsp3) is 0.0909. The molecule has 0 aliphatic heterocycles. The third kappa shape index (κ3) is 1.98. The second-order valence-corrected chi connectivity index (χ2v) is 6.74. The van der Waals surface area contributed by atoms with Crippen LogP contribution in [0.2, 0.25) is 0 Å². The number of furan rings is 1. The van der Waals surface area contributed by atoms with Crippen LogP contribution in [0, 0.1) is 0 Å². The zero-order chi connectivity index (χ0) is 13.6. The number of nitrogens with one attached hydrogen (secondary N) is 1. The van der Waals surface area contributed by atoms with Crippen LogP contribution in [-0.2, 0) is 9.84 Å². The van der Waals surface area contributed by atoms with Crippen molar-refractivity contribution in [1.82, 2.24) is 9.97 Å². The number of H-pyrrole nitrogens is 1. The monoisotopic (exact) mass is 296 g/mol. The maximum Gasteiger partial charge on any atom is 0.261 e. The van der Waals surface area contributed by atoms with Crippen molar-refractivity contribution in [1.29, 1.82) is 0 Å². The van der Waals surface area contributed by atoms with Gasteiger partial charge in [0.15, 0.2) is 0 Å². The molecule has 0 radical (unpaired) electrons. The van der Waals surface area contributed by atoms with Gasteiger partial charge in [-0.1, -0.05) is 0 Å². The van der Waals surface area contributed by atoms with E-state index in [0.717, 1.165) is 6.26 Å². The Bertz CT molecular complexity index is 904. The highest BCUT2D eigenvalue weighted by Gasteiger charge is 2.18. The fourth-order valence-corrected chi connectivity index (χ4v) is 3.24. The van der Waals surface area contributed by atoms with Gasteiger partial charge < -0.3 is 4.42 Å². The summed E-state index contributed by atoms with van der Waals surface area (Å²) in [5, 5.41) is 1.74. The van der Waals surface area contributed by atoms with Gasteiger partial charge in [0.2, 0.25) is 15.0 Å². The first-order valence-electron chi connectivity index (χ1n) is 5.22. The molecule has 0 bridgehead atoms. The van der Waals surface area contributed by atoms with Gasteiger partial charge in [0.25, 0.3) is 5.56 Å². The number of aromatic nitrogens is 2. The van der Waals surface area contributed by atoms with Crippen molar-refractivity contribution in [3.63, 3.8) is 0 Å². The van der Waals surface area contributed by atoms with Gasteiger partial charge in [-0.15, -0.1) is 11.3 Å². The highest BCUT2D eigenvalue weighted by molar-refractivity contribution is 7.90. The molecule has 98 valence electrons. The average Bonchev–Trinajstić information content (AvgIpc) is 2.95. The van der Waals surface area contributed by atoms with E-state index in [1.807, 2.05) is 0 Å². The van der Waals surface area contributed by atoms with E-state index in [1.165, 1.54) is 17.6 Å². The highest BCUT2D eigenvalue weighted by Crippen LogP contribution is 2.31. The van der Waals surface area contributed by atoms with Crippen LogP contribution in [0.3, 0.4) is 0 Å². The molecule has 3 heterocycles. The minimum atomic E-state index is -3.54. The van der Waals surface area contributed by atoms with E-state index < -0.39 is 15.4 Å². The topological polar surface area (TPSA) is 93.0 Å². The summed E-state index contributed by atoms with van der Waals surface area (Å²) in [6.07, 6.45) is 2.50. The summed E-state index contributed by atoms with van der Waals surface area (Å²) >= 11 is 1.20. The van der Waals surface area contributed by atoms with E-state index in [1.54, 1.807) is 17.5 Å². The van der Waals surface area contributed by atoms with Crippen LogP contribution in [0.1, 0.15) is 0 Å². The van der Waals surface area contributed by atoms with Crippen molar-refractivity contribution in [2.75, 3.05) is 6.26 Å². The Morgan fingerprint density at radius 1 is 1.42 bits per heavy atom.